The van der Waals surface area contributed by atoms with Crippen molar-refractivity contribution < 1.29 is 9.18 Å². The van der Waals surface area contributed by atoms with Gasteiger partial charge in [-0.05, 0) is 24.6 Å². The standard InChI is InChI=1S/C14H17FN2O/c1-4-5-13(16)14(18)17(3)10(2)11-6-8-12(15)9-7-11/h1,6-10,13H,5,16H2,2-3H3. The fourth-order valence-corrected chi connectivity index (χ4v) is 1.63. The Balaban J connectivity index is 2.78. The topological polar surface area (TPSA) is 46.3 Å². The van der Waals surface area contributed by atoms with Crippen LogP contribution in [0.4, 0.5) is 4.39 Å². The SMILES string of the molecule is C#CCC(N)C(=O)N(C)C(C)c1ccc(F)cc1. The molecule has 0 saturated heterocycles. The van der Waals surface area contributed by atoms with Gasteiger partial charge in [0.25, 0.3) is 0 Å². The molecule has 1 aromatic carbocycles. The summed E-state index contributed by atoms with van der Waals surface area (Å²) in [6.07, 6.45) is 5.34. The van der Waals surface area contributed by atoms with Gasteiger partial charge in [0.15, 0.2) is 0 Å². The number of carbonyl (C=O) groups is 1. The first kappa shape index (κ1) is 14.2. The molecule has 0 aliphatic rings. The smallest absolute Gasteiger partial charge is 0.240 e. The van der Waals surface area contributed by atoms with Crippen LogP contribution < -0.4 is 5.73 Å². The average molecular weight is 248 g/mol. The summed E-state index contributed by atoms with van der Waals surface area (Å²) in [6.45, 7) is 1.85. The maximum Gasteiger partial charge on any atom is 0.240 e. The highest BCUT2D eigenvalue weighted by Gasteiger charge is 2.22. The first-order chi connectivity index (χ1) is 8.47. The van der Waals surface area contributed by atoms with Crippen molar-refractivity contribution in [1.82, 2.24) is 4.90 Å². The van der Waals surface area contributed by atoms with Gasteiger partial charge >= 0.3 is 0 Å². The van der Waals surface area contributed by atoms with Crippen LogP contribution in [-0.2, 0) is 4.79 Å². The van der Waals surface area contributed by atoms with E-state index >= 15 is 0 Å². The van der Waals surface area contributed by atoms with Gasteiger partial charge in [-0.15, -0.1) is 12.3 Å². The van der Waals surface area contributed by atoms with Crippen LogP contribution in [0.25, 0.3) is 0 Å². The Bertz CT molecular complexity index is 450. The monoisotopic (exact) mass is 248 g/mol. The van der Waals surface area contributed by atoms with Crippen molar-refractivity contribution in [3.05, 3.63) is 35.6 Å². The summed E-state index contributed by atoms with van der Waals surface area (Å²) in [5, 5.41) is 0. The van der Waals surface area contributed by atoms with E-state index in [1.807, 2.05) is 6.92 Å². The van der Waals surface area contributed by atoms with E-state index in [2.05, 4.69) is 5.92 Å². The van der Waals surface area contributed by atoms with Crippen molar-refractivity contribution in [2.75, 3.05) is 7.05 Å². The van der Waals surface area contributed by atoms with E-state index in [0.29, 0.717) is 0 Å². The Hall–Kier alpha value is -1.86. The van der Waals surface area contributed by atoms with Gasteiger partial charge in [0.05, 0.1) is 12.1 Å². The lowest BCUT2D eigenvalue weighted by Gasteiger charge is -2.27. The number of hydrogen-bond donors (Lipinski definition) is 1. The van der Waals surface area contributed by atoms with Crippen LogP contribution >= 0.6 is 0 Å². The van der Waals surface area contributed by atoms with E-state index < -0.39 is 6.04 Å². The molecule has 1 amide bonds. The largest absolute Gasteiger partial charge is 0.338 e. The number of hydrogen-bond acceptors (Lipinski definition) is 2. The molecule has 2 N–H and O–H groups in total. The number of likely N-dealkylation sites (N-methyl/N-ethyl adjacent to an activating group) is 1. The normalized spacial score (nSPS) is 13.5. The molecule has 1 rings (SSSR count). The zero-order valence-electron chi connectivity index (χ0n) is 10.6. The van der Waals surface area contributed by atoms with Gasteiger partial charge in [-0.1, -0.05) is 12.1 Å². The second-order valence-corrected chi connectivity index (χ2v) is 4.19. The van der Waals surface area contributed by atoms with Crippen molar-refractivity contribution in [2.24, 2.45) is 5.73 Å². The molecule has 0 saturated carbocycles. The van der Waals surface area contributed by atoms with Crippen molar-refractivity contribution >= 4 is 5.91 Å². The number of rotatable bonds is 4. The number of amides is 1. The summed E-state index contributed by atoms with van der Waals surface area (Å²) in [5.41, 5.74) is 6.52. The molecule has 0 spiro atoms. The van der Waals surface area contributed by atoms with Crippen LogP contribution in [0.5, 0.6) is 0 Å². The fraction of sp³-hybridized carbons (Fsp3) is 0.357. The van der Waals surface area contributed by atoms with Crippen LogP contribution in [0.3, 0.4) is 0 Å². The van der Waals surface area contributed by atoms with E-state index in [1.165, 1.54) is 17.0 Å². The summed E-state index contributed by atoms with van der Waals surface area (Å²) in [7, 11) is 1.66. The third-order valence-corrected chi connectivity index (χ3v) is 2.94. The van der Waals surface area contributed by atoms with E-state index in [4.69, 9.17) is 12.2 Å². The van der Waals surface area contributed by atoms with Crippen molar-refractivity contribution in [3.63, 3.8) is 0 Å². The minimum atomic E-state index is -0.692. The molecule has 2 atom stereocenters. The van der Waals surface area contributed by atoms with Gasteiger partial charge in [0.1, 0.15) is 5.82 Å². The van der Waals surface area contributed by atoms with Gasteiger partial charge in [0.2, 0.25) is 5.91 Å². The van der Waals surface area contributed by atoms with Crippen LogP contribution in [0.2, 0.25) is 0 Å². The molecule has 96 valence electrons. The second kappa shape index (κ2) is 6.18. The molecule has 0 aromatic heterocycles. The predicted octanol–water partition coefficient (Wildman–Crippen LogP) is 1.70. The Kier molecular flexibility index (Phi) is 4.87. The van der Waals surface area contributed by atoms with Gasteiger partial charge in [-0.2, -0.15) is 0 Å². The third kappa shape index (κ3) is 3.31. The molecule has 0 heterocycles. The lowest BCUT2D eigenvalue weighted by molar-refractivity contribution is -0.133. The Morgan fingerprint density at radius 3 is 2.56 bits per heavy atom. The second-order valence-electron chi connectivity index (χ2n) is 4.19. The van der Waals surface area contributed by atoms with E-state index in [0.717, 1.165) is 5.56 Å². The number of benzene rings is 1. The van der Waals surface area contributed by atoms with Gasteiger partial charge in [-0.25, -0.2) is 4.39 Å². The molecular weight excluding hydrogens is 231 g/mol. The van der Waals surface area contributed by atoms with E-state index in [-0.39, 0.29) is 24.2 Å². The molecule has 0 aliphatic heterocycles. The number of carbonyl (C=O) groups excluding carboxylic acids is 1. The summed E-state index contributed by atoms with van der Waals surface area (Å²) in [6, 6.07) is 5.16. The third-order valence-electron chi connectivity index (χ3n) is 2.94. The minimum Gasteiger partial charge on any atom is -0.338 e. The molecule has 0 radical (unpaired) electrons. The van der Waals surface area contributed by atoms with Crippen LogP contribution in [0, 0.1) is 18.2 Å². The molecule has 4 heteroatoms. The van der Waals surface area contributed by atoms with Crippen LogP contribution in [-0.4, -0.2) is 23.9 Å². The van der Waals surface area contributed by atoms with Crippen molar-refractivity contribution in [1.29, 1.82) is 0 Å². The van der Waals surface area contributed by atoms with Crippen LogP contribution in [0.1, 0.15) is 24.9 Å². The zero-order chi connectivity index (χ0) is 13.7. The Labute approximate surface area is 107 Å². The number of terminal acetylenes is 1. The molecule has 3 nitrogen and oxygen atoms in total. The van der Waals surface area contributed by atoms with Crippen molar-refractivity contribution in [3.8, 4) is 12.3 Å². The fourth-order valence-electron chi connectivity index (χ4n) is 1.63. The lowest BCUT2D eigenvalue weighted by atomic mass is 10.1. The van der Waals surface area contributed by atoms with E-state index in [9.17, 15) is 9.18 Å². The highest BCUT2D eigenvalue weighted by Crippen LogP contribution is 2.19. The highest BCUT2D eigenvalue weighted by atomic mass is 19.1. The minimum absolute atomic E-state index is 0.179. The number of halogens is 1. The van der Waals surface area contributed by atoms with Crippen molar-refractivity contribution in [2.45, 2.75) is 25.4 Å². The Morgan fingerprint density at radius 2 is 2.06 bits per heavy atom. The summed E-state index contributed by atoms with van der Waals surface area (Å²) in [5.74, 6) is 1.85. The first-order valence-electron chi connectivity index (χ1n) is 5.68. The Morgan fingerprint density at radius 1 is 1.50 bits per heavy atom. The molecule has 0 bridgehead atoms. The number of nitrogens with two attached hydrogens (primary N) is 1. The summed E-state index contributed by atoms with van der Waals surface area (Å²) < 4.78 is 12.8. The average Bonchev–Trinajstić information content (AvgIpc) is 2.37. The molecule has 2 unspecified atom stereocenters. The molecule has 1 aromatic rings. The molecular formula is C14H17FN2O. The summed E-state index contributed by atoms with van der Waals surface area (Å²) >= 11 is 0. The van der Waals surface area contributed by atoms with E-state index in [1.54, 1.807) is 19.2 Å². The maximum absolute atomic E-state index is 12.8. The lowest BCUT2D eigenvalue weighted by Crippen LogP contribution is -2.42. The van der Waals surface area contributed by atoms with Gasteiger partial charge in [-0.3, -0.25) is 4.79 Å². The zero-order valence-corrected chi connectivity index (χ0v) is 10.6. The van der Waals surface area contributed by atoms with Crippen LogP contribution in [0.15, 0.2) is 24.3 Å². The first-order valence-corrected chi connectivity index (χ1v) is 5.68. The molecule has 0 fully saturated rings. The predicted molar refractivity (Wildman–Crippen MR) is 69.0 cm³/mol. The summed E-state index contributed by atoms with van der Waals surface area (Å²) in [4.78, 5) is 13.5. The van der Waals surface area contributed by atoms with Gasteiger partial charge in [0, 0.05) is 13.5 Å². The number of nitrogens with zero attached hydrogens (tertiary/aromatic N) is 1. The molecule has 18 heavy (non-hydrogen) atoms. The highest BCUT2D eigenvalue weighted by molar-refractivity contribution is 5.82. The quantitative estimate of drug-likeness (QED) is 0.824. The molecule has 0 aliphatic carbocycles. The maximum atomic E-state index is 12.8. The van der Waals surface area contributed by atoms with Gasteiger partial charge < -0.3 is 10.6 Å².